The molecule has 0 bridgehead atoms. The van der Waals surface area contributed by atoms with E-state index in [1.54, 1.807) is 0 Å². The topological polar surface area (TPSA) is 32.7 Å². The van der Waals surface area contributed by atoms with Crippen LogP contribution in [-0.2, 0) is 4.43 Å². The predicted octanol–water partition coefficient (Wildman–Crippen LogP) is 5.71. The van der Waals surface area contributed by atoms with Crippen LogP contribution in [0.15, 0.2) is 12.1 Å². The summed E-state index contributed by atoms with van der Waals surface area (Å²) in [5.41, 5.74) is 0.467. The summed E-state index contributed by atoms with van der Waals surface area (Å²) in [5.74, 6) is -0.550. The van der Waals surface area contributed by atoms with Crippen molar-refractivity contribution in [3.05, 3.63) is 28.5 Å². The van der Waals surface area contributed by atoms with Gasteiger partial charge in [-0.3, -0.25) is 0 Å². The first-order valence-corrected chi connectivity index (χ1v) is 12.7. The minimum Gasteiger partial charge on any atom is -0.508 e. The highest BCUT2D eigenvalue weighted by molar-refractivity contribution is 7.80. The molecule has 1 fully saturated rings. The Kier molecular flexibility index (Phi) is 6.75. The zero-order valence-corrected chi connectivity index (χ0v) is 18.8. The third-order valence-corrected chi connectivity index (χ3v) is 10.9. The van der Waals surface area contributed by atoms with Crippen LogP contribution >= 0.6 is 23.8 Å². The second kappa shape index (κ2) is 8.13. The molecule has 1 aliphatic rings. The summed E-state index contributed by atoms with van der Waals surface area (Å²) in [6.45, 7) is 13.4. The summed E-state index contributed by atoms with van der Waals surface area (Å²) in [5, 5.41) is 10.3. The van der Waals surface area contributed by atoms with E-state index in [9.17, 15) is 9.50 Å². The number of likely N-dealkylation sites (tertiary alicyclic amines) is 1. The van der Waals surface area contributed by atoms with Gasteiger partial charge in [-0.1, -0.05) is 44.6 Å². The molecule has 0 aliphatic carbocycles. The molecule has 0 spiro atoms. The van der Waals surface area contributed by atoms with Crippen LogP contribution in [0.3, 0.4) is 0 Å². The average molecular weight is 418 g/mol. The molecule has 0 radical (unpaired) electrons. The van der Waals surface area contributed by atoms with Gasteiger partial charge in [0.05, 0.1) is 10.0 Å². The van der Waals surface area contributed by atoms with Crippen LogP contribution in [0.4, 0.5) is 4.39 Å². The maximum absolute atomic E-state index is 13.8. The fraction of sp³-hybridized carbons (Fsp3) is 0.632. The lowest BCUT2D eigenvalue weighted by atomic mass is 9.97. The van der Waals surface area contributed by atoms with Crippen molar-refractivity contribution < 1.29 is 13.9 Å². The minimum atomic E-state index is -1.73. The van der Waals surface area contributed by atoms with E-state index in [1.165, 1.54) is 12.1 Å². The first-order chi connectivity index (χ1) is 11.9. The van der Waals surface area contributed by atoms with E-state index in [1.807, 2.05) is 0 Å². The lowest BCUT2D eigenvalue weighted by Crippen LogP contribution is -2.41. The van der Waals surface area contributed by atoms with Crippen molar-refractivity contribution in [2.24, 2.45) is 0 Å². The van der Waals surface area contributed by atoms with Gasteiger partial charge >= 0.3 is 0 Å². The number of hydrogen-bond acceptors (Lipinski definition) is 3. The van der Waals surface area contributed by atoms with Gasteiger partial charge in [0.2, 0.25) is 0 Å². The number of benzene rings is 1. The van der Waals surface area contributed by atoms with E-state index in [0.29, 0.717) is 25.1 Å². The molecule has 2 rings (SSSR count). The summed E-state index contributed by atoms with van der Waals surface area (Å²) in [4.78, 5) is 2.96. The second-order valence-electron chi connectivity index (χ2n) is 8.50. The molecule has 3 nitrogen and oxygen atoms in total. The summed E-state index contributed by atoms with van der Waals surface area (Å²) < 4.78 is 20.0. The third kappa shape index (κ3) is 4.77. The lowest BCUT2D eigenvalue weighted by molar-refractivity contribution is 0.266. The van der Waals surface area contributed by atoms with Crippen LogP contribution in [0.5, 0.6) is 5.75 Å². The predicted molar refractivity (Wildman–Crippen MR) is 112 cm³/mol. The fourth-order valence-electron chi connectivity index (χ4n) is 2.93. The summed E-state index contributed by atoms with van der Waals surface area (Å²) >= 11 is 11.6. The van der Waals surface area contributed by atoms with Gasteiger partial charge in [0.25, 0.3) is 0 Å². The summed E-state index contributed by atoms with van der Waals surface area (Å²) in [6, 6.07) is 2.54. The molecule has 0 aromatic heterocycles. The number of aromatic hydroxyl groups is 1. The Morgan fingerprint density at radius 2 is 2.04 bits per heavy atom. The monoisotopic (exact) mass is 417 g/mol. The number of nitrogens with zero attached hydrogens (tertiary/aromatic N) is 1. The van der Waals surface area contributed by atoms with E-state index in [2.05, 4.69) is 38.8 Å². The second-order valence-corrected chi connectivity index (χ2v) is 14.2. The van der Waals surface area contributed by atoms with Gasteiger partial charge in [0.15, 0.2) is 8.32 Å². The van der Waals surface area contributed by atoms with Crippen LogP contribution in [-0.4, -0.2) is 43.0 Å². The molecule has 26 heavy (non-hydrogen) atoms. The lowest BCUT2D eigenvalue weighted by Gasteiger charge is -2.36. The van der Waals surface area contributed by atoms with Gasteiger partial charge in [-0.25, -0.2) is 4.39 Å². The number of phenolic OH excluding ortho intramolecular Hbond substituents is 1. The van der Waals surface area contributed by atoms with Crippen molar-refractivity contribution in [1.82, 2.24) is 4.90 Å². The quantitative estimate of drug-likeness (QED) is 0.365. The number of phenols is 1. The molecular formula is C19H29ClFNO2SSi. The largest absolute Gasteiger partial charge is 0.508 e. The molecule has 7 heteroatoms. The Labute approximate surface area is 167 Å². The van der Waals surface area contributed by atoms with E-state index in [-0.39, 0.29) is 21.7 Å². The van der Waals surface area contributed by atoms with Gasteiger partial charge in [-0.05, 0) is 36.7 Å². The SMILES string of the molecule is CC(C)(C)[Si](C)(C)OCCCN1CC(c2c(O)ccc(F)c2Cl)CC1=S. The Morgan fingerprint density at radius 3 is 2.65 bits per heavy atom. The molecule has 1 unspecified atom stereocenters. The molecule has 1 aromatic rings. The van der Waals surface area contributed by atoms with E-state index >= 15 is 0 Å². The molecule has 0 amide bonds. The van der Waals surface area contributed by atoms with Crippen LogP contribution in [0, 0.1) is 5.82 Å². The van der Waals surface area contributed by atoms with Crippen molar-refractivity contribution >= 4 is 37.1 Å². The first-order valence-electron chi connectivity index (χ1n) is 9.02. The molecule has 0 saturated carbocycles. The van der Waals surface area contributed by atoms with Crippen molar-refractivity contribution in [2.45, 2.75) is 57.7 Å². The number of rotatable bonds is 6. The highest BCUT2D eigenvalue weighted by atomic mass is 35.5. The van der Waals surface area contributed by atoms with Gasteiger partial charge in [-0.2, -0.15) is 0 Å². The maximum Gasteiger partial charge on any atom is 0.191 e. The summed E-state index contributed by atoms with van der Waals surface area (Å²) in [6.07, 6.45) is 1.50. The molecule has 1 heterocycles. The highest BCUT2D eigenvalue weighted by Gasteiger charge is 2.37. The smallest absolute Gasteiger partial charge is 0.191 e. The van der Waals surface area contributed by atoms with Crippen molar-refractivity contribution in [1.29, 1.82) is 0 Å². The normalized spacial score (nSPS) is 18.7. The average Bonchev–Trinajstić information content (AvgIpc) is 2.87. The maximum atomic E-state index is 13.8. The molecule has 1 saturated heterocycles. The molecule has 146 valence electrons. The van der Waals surface area contributed by atoms with Gasteiger partial charge in [0, 0.05) is 37.6 Å². The van der Waals surface area contributed by atoms with E-state index in [0.717, 1.165) is 18.0 Å². The third-order valence-electron chi connectivity index (χ3n) is 5.57. The van der Waals surface area contributed by atoms with Crippen molar-refractivity contribution in [2.75, 3.05) is 19.7 Å². The zero-order chi connectivity index (χ0) is 19.7. The Bertz CT molecular complexity index is 678. The molecule has 1 aliphatic heterocycles. The molecule has 1 aromatic carbocycles. The number of halogens is 2. The fourth-order valence-corrected chi connectivity index (χ4v) is 4.69. The van der Waals surface area contributed by atoms with Crippen molar-refractivity contribution in [3.63, 3.8) is 0 Å². The number of thiocarbonyl (C=S) groups is 1. The summed E-state index contributed by atoms with van der Waals surface area (Å²) in [7, 11) is -1.73. The Balaban J connectivity index is 1.92. The molecule has 1 N–H and O–H groups in total. The highest BCUT2D eigenvalue weighted by Crippen LogP contribution is 2.40. The van der Waals surface area contributed by atoms with Crippen LogP contribution in [0.2, 0.25) is 23.2 Å². The van der Waals surface area contributed by atoms with Crippen molar-refractivity contribution in [3.8, 4) is 5.75 Å². The van der Waals surface area contributed by atoms with Crippen LogP contribution in [0.25, 0.3) is 0 Å². The van der Waals surface area contributed by atoms with Gasteiger partial charge < -0.3 is 14.4 Å². The Morgan fingerprint density at radius 1 is 1.38 bits per heavy atom. The van der Waals surface area contributed by atoms with E-state index < -0.39 is 14.1 Å². The molecule has 1 atom stereocenters. The standard InChI is InChI=1S/C19H29ClFNO2SSi/c1-19(2,3)26(4,5)24-10-6-9-22-12-13(11-16(22)25)17-15(23)8-7-14(21)18(17)20/h7-8,13,23H,6,9-12H2,1-5H3. The molecular weight excluding hydrogens is 389 g/mol. The minimum absolute atomic E-state index is 0.000843. The zero-order valence-electron chi connectivity index (χ0n) is 16.2. The number of hydrogen-bond donors (Lipinski definition) is 1. The van der Waals surface area contributed by atoms with E-state index in [4.69, 9.17) is 28.2 Å². The van der Waals surface area contributed by atoms with Crippen LogP contribution < -0.4 is 0 Å². The van der Waals surface area contributed by atoms with Crippen LogP contribution in [0.1, 0.15) is 45.1 Å². The van der Waals surface area contributed by atoms with Gasteiger partial charge in [-0.15, -0.1) is 0 Å². The first kappa shape index (κ1) is 21.6. The van der Waals surface area contributed by atoms with Gasteiger partial charge in [0.1, 0.15) is 11.6 Å². The Hall–Kier alpha value is -0.693.